The predicted molar refractivity (Wildman–Crippen MR) is 119 cm³/mol. The fraction of sp³-hybridized carbons (Fsp3) is 0.455. The number of carbonyl (C=O) groups is 2. The highest BCUT2D eigenvalue weighted by atomic mass is 32.2. The first-order valence-corrected chi connectivity index (χ1v) is 12.1. The lowest BCUT2D eigenvalue weighted by Crippen LogP contribution is -2.50. The molecule has 0 spiro atoms. The number of nitrogens with zero attached hydrogens (tertiary/aromatic N) is 2. The van der Waals surface area contributed by atoms with Crippen LogP contribution in [0.2, 0.25) is 0 Å². The first kappa shape index (κ1) is 23.8. The maximum absolute atomic E-state index is 13.2. The standard InChI is InChI=1S/C22H29N3O6S/c1-4-24(5-2)32(28,29)16-11-12-19(30-3)17(15-16)23-21(26)18-9-6-7-13-25(18)22(27)20-10-8-14-31-20/h8,10-12,14-15,18H,4-7,9,13H2,1-3H3,(H,23,26). The maximum Gasteiger partial charge on any atom is 0.290 e. The molecule has 1 saturated heterocycles. The summed E-state index contributed by atoms with van der Waals surface area (Å²) in [6.07, 6.45) is 3.50. The van der Waals surface area contributed by atoms with Crippen LogP contribution in [-0.2, 0) is 14.8 Å². The van der Waals surface area contributed by atoms with Gasteiger partial charge in [-0.2, -0.15) is 4.31 Å². The van der Waals surface area contributed by atoms with E-state index < -0.39 is 22.0 Å². The number of nitrogens with one attached hydrogen (secondary N) is 1. The van der Waals surface area contributed by atoms with Gasteiger partial charge in [-0.05, 0) is 49.6 Å². The van der Waals surface area contributed by atoms with E-state index in [-0.39, 0.29) is 22.3 Å². The Bertz CT molecular complexity index is 1050. The van der Waals surface area contributed by atoms with Gasteiger partial charge in [0.25, 0.3) is 5.91 Å². The highest BCUT2D eigenvalue weighted by Crippen LogP contribution is 2.30. The number of amides is 2. The van der Waals surface area contributed by atoms with Gasteiger partial charge in [-0.3, -0.25) is 9.59 Å². The molecular formula is C22H29N3O6S. The fourth-order valence-electron chi connectivity index (χ4n) is 3.86. The number of piperidine rings is 1. The molecule has 174 valence electrons. The molecule has 3 rings (SSSR count). The van der Waals surface area contributed by atoms with Crippen LogP contribution in [0.25, 0.3) is 0 Å². The number of anilines is 1. The van der Waals surface area contributed by atoms with Gasteiger partial charge < -0.3 is 19.4 Å². The number of rotatable bonds is 8. The number of likely N-dealkylation sites (tertiary alicyclic amines) is 1. The number of methoxy groups -OCH3 is 1. The fourth-order valence-corrected chi connectivity index (χ4v) is 5.35. The molecule has 0 bridgehead atoms. The molecule has 2 aromatic rings. The van der Waals surface area contributed by atoms with E-state index in [4.69, 9.17) is 9.15 Å². The van der Waals surface area contributed by atoms with Crippen molar-refractivity contribution in [3.63, 3.8) is 0 Å². The molecule has 0 radical (unpaired) electrons. The maximum atomic E-state index is 13.2. The van der Waals surface area contributed by atoms with Crippen LogP contribution in [0.4, 0.5) is 5.69 Å². The zero-order chi connectivity index (χ0) is 23.3. The molecular weight excluding hydrogens is 434 g/mol. The Morgan fingerprint density at radius 1 is 1.22 bits per heavy atom. The number of benzene rings is 1. The number of furan rings is 1. The molecule has 32 heavy (non-hydrogen) atoms. The van der Waals surface area contributed by atoms with E-state index in [2.05, 4.69) is 5.32 Å². The van der Waals surface area contributed by atoms with Gasteiger partial charge in [0.1, 0.15) is 11.8 Å². The van der Waals surface area contributed by atoms with Crippen molar-refractivity contribution in [2.45, 2.75) is 44.0 Å². The smallest absolute Gasteiger partial charge is 0.290 e. The van der Waals surface area contributed by atoms with E-state index in [0.717, 1.165) is 12.8 Å². The predicted octanol–water partition coefficient (Wildman–Crippen LogP) is 2.95. The lowest BCUT2D eigenvalue weighted by Gasteiger charge is -2.34. The molecule has 2 amide bonds. The van der Waals surface area contributed by atoms with Gasteiger partial charge in [-0.1, -0.05) is 13.8 Å². The lowest BCUT2D eigenvalue weighted by molar-refractivity contribution is -0.121. The van der Waals surface area contributed by atoms with E-state index >= 15 is 0 Å². The van der Waals surface area contributed by atoms with Crippen molar-refractivity contribution in [1.29, 1.82) is 0 Å². The summed E-state index contributed by atoms with van der Waals surface area (Å²) in [5.74, 6) is -0.244. The van der Waals surface area contributed by atoms with Gasteiger partial charge in [0.2, 0.25) is 15.9 Å². The quantitative estimate of drug-likeness (QED) is 0.645. The minimum Gasteiger partial charge on any atom is -0.495 e. The molecule has 1 aromatic heterocycles. The zero-order valence-corrected chi connectivity index (χ0v) is 19.4. The van der Waals surface area contributed by atoms with Crippen LogP contribution in [0.1, 0.15) is 43.7 Å². The van der Waals surface area contributed by atoms with Gasteiger partial charge in [0.05, 0.1) is 24.0 Å². The summed E-state index contributed by atoms with van der Waals surface area (Å²) in [5.41, 5.74) is 0.238. The Balaban J connectivity index is 1.88. The molecule has 0 aliphatic carbocycles. The molecule has 1 atom stereocenters. The van der Waals surface area contributed by atoms with Crippen molar-refractivity contribution in [2.75, 3.05) is 32.1 Å². The third kappa shape index (κ3) is 4.81. The Labute approximate surface area is 188 Å². The van der Waals surface area contributed by atoms with Crippen molar-refractivity contribution in [2.24, 2.45) is 0 Å². The third-order valence-electron chi connectivity index (χ3n) is 5.57. The lowest BCUT2D eigenvalue weighted by atomic mass is 10.0. The normalized spacial score (nSPS) is 16.8. The average Bonchev–Trinajstić information content (AvgIpc) is 3.34. The van der Waals surface area contributed by atoms with Crippen molar-refractivity contribution in [1.82, 2.24) is 9.21 Å². The van der Waals surface area contributed by atoms with Crippen LogP contribution >= 0.6 is 0 Å². The Kier molecular flexibility index (Phi) is 7.57. The van der Waals surface area contributed by atoms with Gasteiger partial charge in [-0.15, -0.1) is 0 Å². The van der Waals surface area contributed by atoms with Crippen LogP contribution in [-0.4, -0.2) is 62.2 Å². The molecule has 9 nitrogen and oxygen atoms in total. The average molecular weight is 464 g/mol. The van der Waals surface area contributed by atoms with Crippen molar-refractivity contribution < 1.29 is 27.2 Å². The van der Waals surface area contributed by atoms with E-state index in [0.29, 0.717) is 31.8 Å². The number of carbonyl (C=O) groups excluding carboxylic acids is 2. The van der Waals surface area contributed by atoms with Crippen LogP contribution in [0, 0.1) is 0 Å². The Hall–Kier alpha value is -2.85. The van der Waals surface area contributed by atoms with Crippen LogP contribution in [0.3, 0.4) is 0 Å². The van der Waals surface area contributed by atoms with Gasteiger partial charge in [0.15, 0.2) is 5.76 Å². The topological polar surface area (TPSA) is 109 Å². The Morgan fingerprint density at radius 2 is 1.97 bits per heavy atom. The molecule has 1 aliphatic rings. The second-order valence-corrected chi connectivity index (χ2v) is 9.37. The van der Waals surface area contributed by atoms with Crippen LogP contribution < -0.4 is 10.1 Å². The molecule has 0 saturated carbocycles. The van der Waals surface area contributed by atoms with Crippen molar-refractivity contribution in [3.05, 3.63) is 42.4 Å². The first-order chi connectivity index (χ1) is 15.3. The zero-order valence-electron chi connectivity index (χ0n) is 18.5. The highest BCUT2D eigenvalue weighted by Gasteiger charge is 2.34. The molecule has 2 heterocycles. The molecule has 1 unspecified atom stereocenters. The van der Waals surface area contributed by atoms with E-state index in [1.165, 1.54) is 40.8 Å². The second-order valence-electron chi connectivity index (χ2n) is 7.43. The largest absolute Gasteiger partial charge is 0.495 e. The summed E-state index contributed by atoms with van der Waals surface area (Å²) < 4.78 is 37.7. The highest BCUT2D eigenvalue weighted by molar-refractivity contribution is 7.89. The van der Waals surface area contributed by atoms with Gasteiger partial charge in [0, 0.05) is 19.6 Å². The third-order valence-corrected chi connectivity index (χ3v) is 7.62. The van der Waals surface area contributed by atoms with Gasteiger partial charge in [-0.25, -0.2) is 8.42 Å². The molecule has 1 N–H and O–H groups in total. The summed E-state index contributed by atoms with van der Waals surface area (Å²) in [4.78, 5) is 27.6. The summed E-state index contributed by atoms with van der Waals surface area (Å²) in [5, 5.41) is 2.78. The second kappa shape index (κ2) is 10.2. The minimum atomic E-state index is -3.71. The summed E-state index contributed by atoms with van der Waals surface area (Å²) in [6.45, 7) is 4.63. The first-order valence-electron chi connectivity index (χ1n) is 10.7. The van der Waals surface area contributed by atoms with Crippen LogP contribution in [0.15, 0.2) is 45.9 Å². The molecule has 1 aliphatic heterocycles. The SMILES string of the molecule is CCN(CC)S(=O)(=O)c1ccc(OC)c(NC(=O)C2CCCCN2C(=O)c2ccco2)c1. The van der Waals surface area contributed by atoms with Crippen molar-refractivity contribution in [3.8, 4) is 5.75 Å². The molecule has 1 aromatic carbocycles. The van der Waals surface area contributed by atoms with E-state index in [9.17, 15) is 18.0 Å². The monoisotopic (exact) mass is 463 g/mol. The van der Waals surface area contributed by atoms with Gasteiger partial charge >= 0.3 is 0 Å². The summed E-state index contributed by atoms with van der Waals surface area (Å²) in [6, 6.07) is 6.85. The minimum absolute atomic E-state index is 0.0597. The summed E-state index contributed by atoms with van der Waals surface area (Å²) >= 11 is 0. The van der Waals surface area contributed by atoms with Crippen LogP contribution in [0.5, 0.6) is 5.75 Å². The summed E-state index contributed by atoms with van der Waals surface area (Å²) in [7, 11) is -2.27. The van der Waals surface area contributed by atoms with E-state index in [1.807, 2.05) is 0 Å². The van der Waals surface area contributed by atoms with E-state index in [1.54, 1.807) is 26.0 Å². The number of sulfonamides is 1. The number of hydrogen-bond donors (Lipinski definition) is 1. The Morgan fingerprint density at radius 3 is 2.59 bits per heavy atom. The number of hydrogen-bond acceptors (Lipinski definition) is 6. The number of ether oxygens (including phenoxy) is 1. The molecule has 10 heteroatoms. The van der Waals surface area contributed by atoms with Crippen molar-refractivity contribution >= 4 is 27.5 Å². The molecule has 1 fully saturated rings.